The lowest BCUT2D eigenvalue weighted by atomic mass is 9.80. The number of aromatic nitrogens is 1. The number of ether oxygens (including phenoxy) is 1. The molecule has 5 rings (SSSR count). The van der Waals surface area contributed by atoms with Crippen LogP contribution in [-0.2, 0) is 9.53 Å². The summed E-state index contributed by atoms with van der Waals surface area (Å²) >= 11 is 3.55. The van der Waals surface area contributed by atoms with E-state index in [2.05, 4.69) is 33.3 Å². The van der Waals surface area contributed by atoms with Crippen molar-refractivity contribution < 1.29 is 14.3 Å². The minimum absolute atomic E-state index is 0.0451. The van der Waals surface area contributed by atoms with Crippen molar-refractivity contribution in [3.05, 3.63) is 24.3 Å². The number of nitrogens with one attached hydrogen (secondary N) is 1. The van der Waals surface area contributed by atoms with Crippen molar-refractivity contribution in [2.75, 3.05) is 49.3 Å². The molecule has 1 aromatic heterocycles. The predicted octanol–water partition coefficient (Wildman–Crippen LogP) is 4.40. The van der Waals surface area contributed by atoms with Crippen molar-refractivity contribution in [3.63, 3.8) is 0 Å². The van der Waals surface area contributed by atoms with Crippen molar-refractivity contribution in [1.82, 2.24) is 20.1 Å². The zero-order chi connectivity index (χ0) is 26.0. The number of piperazine rings is 1. The SMILES string of the molecule is CC(C)(C)OC(=O)N[C@H](C(=O)N1CCSC1)C1CCC(N2CCN(c3nc4ccccc4s3)CC2)CC1. The molecule has 1 aromatic carbocycles. The van der Waals surface area contributed by atoms with E-state index in [0.29, 0.717) is 11.9 Å². The van der Waals surface area contributed by atoms with E-state index in [-0.39, 0.29) is 11.8 Å². The molecule has 10 heteroatoms. The van der Waals surface area contributed by atoms with Crippen molar-refractivity contribution in [3.8, 4) is 0 Å². The third-order valence-corrected chi connectivity index (χ3v) is 9.66. The molecule has 3 heterocycles. The monoisotopic (exact) mass is 545 g/mol. The normalized spacial score (nSPS) is 24.3. The van der Waals surface area contributed by atoms with E-state index in [0.717, 1.165) is 74.8 Å². The molecule has 1 atom stereocenters. The molecule has 1 saturated carbocycles. The fraction of sp³-hybridized carbons (Fsp3) is 0.667. The van der Waals surface area contributed by atoms with E-state index in [4.69, 9.17) is 9.72 Å². The maximum atomic E-state index is 13.4. The maximum absolute atomic E-state index is 13.4. The van der Waals surface area contributed by atoms with Crippen molar-refractivity contribution >= 4 is 50.4 Å². The molecule has 1 aliphatic carbocycles. The molecule has 0 radical (unpaired) electrons. The van der Waals surface area contributed by atoms with Crippen LogP contribution in [0.2, 0.25) is 0 Å². The second-order valence-electron chi connectivity index (χ2n) is 11.3. The van der Waals surface area contributed by atoms with Crippen LogP contribution in [0.1, 0.15) is 46.5 Å². The highest BCUT2D eigenvalue weighted by molar-refractivity contribution is 7.99. The van der Waals surface area contributed by atoms with E-state index in [1.54, 1.807) is 23.1 Å². The van der Waals surface area contributed by atoms with E-state index in [1.807, 2.05) is 31.7 Å². The number of amides is 2. The van der Waals surface area contributed by atoms with Crippen LogP contribution < -0.4 is 10.2 Å². The van der Waals surface area contributed by atoms with Crippen LogP contribution in [-0.4, -0.2) is 88.8 Å². The zero-order valence-corrected chi connectivity index (χ0v) is 23.8. The van der Waals surface area contributed by atoms with E-state index >= 15 is 0 Å². The lowest BCUT2D eigenvalue weighted by Crippen LogP contribution is -2.55. The lowest BCUT2D eigenvalue weighted by molar-refractivity contribution is -0.133. The van der Waals surface area contributed by atoms with Crippen molar-refractivity contribution in [2.45, 2.75) is 64.1 Å². The quantitative estimate of drug-likeness (QED) is 0.597. The number of fused-ring (bicyclic) bond motifs is 1. The number of benzene rings is 1. The topological polar surface area (TPSA) is 78.0 Å². The highest BCUT2D eigenvalue weighted by Gasteiger charge is 2.38. The van der Waals surface area contributed by atoms with Gasteiger partial charge in [0.15, 0.2) is 5.13 Å². The Morgan fingerprint density at radius 1 is 1.05 bits per heavy atom. The highest BCUT2D eigenvalue weighted by Crippen LogP contribution is 2.33. The summed E-state index contributed by atoms with van der Waals surface area (Å²) in [5, 5.41) is 4.09. The van der Waals surface area contributed by atoms with Gasteiger partial charge in [-0.2, -0.15) is 0 Å². The molecule has 2 saturated heterocycles. The van der Waals surface area contributed by atoms with Gasteiger partial charge in [-0.3, -0.25) is 9.69 Å². The fourth-order valence-corrected chi connectivity index (χ4v) is 7.65. The first-order valence-corrected chi connectivity index (χ1v) is 15.4. The van der Waals surface area contributed by atoms with Crippen LogP contribution >= 0.6 is 23.1 Å². The first-order chi connectivity index (χ1) is 17.8. The summed E-state index contributed by atoms with van der Waals surface area (Å²) in [6, 6.07) is 8.37. The lowest BCUT2D eigenvalue weighted by Gasteiger charge is -2.43. The van der Waals surface area contributed by atoms with Crippen LogP contribution in [0.15, 0.2) is 24.3 Å². The maximum Gasteiger partial charge on any atom is 0.408 e. The zero-order valence-electron chi connectivity index (χ0n) is 22.1. The molecule has 0 bridgehead atoms. The number of carbonyl (C=O) groups is 2. The van der Waals surface area contributed by atoms with Crippen LogP contribution in [0.3, 0.4) is 0 Å². The Labute approximate surface area is 228 Å². The van der Waals surface area contributed by atoms with Crippen LogP contribution in [0.5, 0.6) is 0 Å². The molecule has 202 valence electrons. The Bertz CT molecular complexity index is 1050. The van der Waals surface area contributed by atoms with Gasteiger partial charge in [0.25, 0.3) is 0 Å². The molecule has 0 unspecified atom stereocenters. The van der Waals surface area contributed by atoms with Crippen LogP contribution in [0.25, 0.3) is 10.2 Å². The standard InChI is InChI=1S/C27H39N5O3S2/c1-27(2,3)35-26(34)29-23(24(33)32-16-17-36-18-32)19-8-10-20(11-9-19)30-12-14-31(15-13-30)25-28-21-6-4-5-7-22(21)37-25/h4-7,19-20,23H,8-18H2,1-3H3,(H,29,34)/t19?,20?,23-/m0/s1. The summed E-state index contributed by atoms with van der Waals surface area (Å²) in [5.74, 6) is 1.86. The second kappa shape index (κ2) is 11.4. The first kappa shape index (κ1) is 26.6. The Morgan fingerprint density at radius 2 is 1.78 bits per heavy atom. The number of carbonyl (C=O) groups excluding carboxylic acids is 2. The highest BCUT2D eigenvalue weighted by atomic mass is 32.2. The molecule has 8 nitrogen and oxygen atoms in total. The van der Waals surface area contributed by atoms with Gasteiger partial charge < -0.3 is 19.9 Å². The van der Waals surface area contributed by atoms with Crippen molar-refractivity contribution in [2.24, 2.45) is 5.92 Å². The number of hydrogen-bond acceptors (Lipinski definition) is 8. The van der Waals surface area contributed by atoms with Gasteiger partial charge in [-0.15, -0.1) is 11.8 Å². The Hall–Kier alpha value is -2.04. The van der Waals surface area contributed by atoms with Gasteiger partial charge in [0.05, 0.1) is 16.1 Å². The molecule has 3 aliphatic rings. The third-order valence-electron chi connectivity index (χ3n) is 7.60. The van der Waals surface area contributed by atoms with Gasteiger partial charge in [-0.05, 0) is 64.5 Å². The molecule has 1 N–H and O–H groups in total. The average Bonchev–Trinajstić information content (AvgIpc) is 3.57. The summed E-state index contributed by atoms with van der Waals surface area (Å²) < 4.78 is 6.76. The average molecular weight is 546 g/mol. The Kier molecular flexibility index (Phi) is 8.16. The molecule has 2 aromatic rings. The van der Waals surface area contributed by atoms with Gasteiger partial charge >= 0.3 is 6.09 Å². The minimum atomic E-state index is -0.591. The molecular weight excluding hydrogens is 506 g/mol. The second-order valence-corrected chi connectivity index (χ2v) is 13.4. The van der Waals surface area contributed by atoms with Crippen LogP contribution in [0, 0.1) is 5.92 Å². The predicted molar refractivity (Wildman–Crippen MR) is 151 cm³/mol. The van der Waals surface area contributed by atoms with E-state index in [1.165, 1.54) is 4.70 Å². The molecule has 2 amide bonds. The Balaban J connectivity index is 1.16. The number of alkyl carbamates (subject to hydrolysis) is 1. The minimum Gasteiger partial charge on any atom is -0.444 e. The van der Waals surface area contributed by atoms with E-state index in [9.17, 15) is 9.59 Å². The number of thioether (sulfide) groups is 1. The Morgan fingerprint density at radius 3 is 2.43 bits per heavy atom. The molecular formula is C27H39N5O3S2. The van der Waals surface area contributed by atoms with Gasteiger partial charge in [-0.25, -0.2) is 9.78 Å². The summed E-state index contributed by atoms with van der Waals surface area (Å²) in [4.78, 5) is 37.8. The number of hydrogen-bond donors (Lipinski definition) is 1. The van der Waals surface area contributed by atoms with Gasteiger partial charge in [0.2, 0.25) is 5.91 Å². The smallest absolute Gasteiger partial charge is 0.408 e. The summed E-state index contributed by atoms with van der Waals surface area (Å²) in [7, 11) is 0. The molecule has 2 aliphatic heterocycles. The summed E-state index contributed by atoms with van der Waals surface area (Å²) in [6.45, 7) is 10.4. The largest absolute Gasteiger partial charge is 0.444 e. The number of thiazole rings is 1. The number of anilines is 1. The molecule has 0 spiro atoms. The molecule has 3 fully saturated rings. The van der Waals surface area contributed by atoms with Gasteiger partial charge in [0, 0.05) is 44.5 Å². The summed E-state index contributed by atoms with van der Waals surface area (Å²) in [5.41, 5.74) is 0.492. The van der Waals surface area contributed by atoms with Crippen molar-refractivity contribution in [1.29, 1.82) is 0 Å². The number of rotatable bonds is 5. The number of nitrogens with zero attached hydrogens (tertiary/aromatic N) is 4. The van der Waals surface area contributed by atoms with Crippen LogP contribution in [0.4, 0.5) is 9.93 Å². The third kappa shape index (κ3) is 6.52. The van der Waals surface area contributed by atoms with Gasteiger partial charge in [0.1, 0.15) is 11.6 Å². The first-order valence-electron chi connectivity index (χ1n) is 13.5. The fourth-order valence-electron chi connectivity index (χ4n) is 5.67. The number of para-hydroxylation sites is 1. The van der Waals surface area contributed by atoms with E-state index < -0.39 is 17.7 Å². The molecule has 37 heavy (non-hydrogen) atoms. The van der Waals surface area contributed by atoms with Gasteiger partial charge in [-0.1, -0.05) is 23.5 Å². The summed E-state index contributed by atoms with van der Waals surface area (Å²) in [6.07, 6.45) is 3.50.